The molecule has 0 radical (unpaired) electrons. The highest BCUT2D eigenvalue weighted by Gasteiger charge is 2.00. The van der Waals surface area contributed by atoms with Gasteiger partial charge >= 0.3 is 0 Å². The Balaban J connectivity index is 0. The van der Waals surface area contributed by atoms with E-state index in [0.717, 1.165) is 64.8 Å². The minimum atomic E-state index is 0. The Kier molecular flexibility index (Phi) is 19.8. The van der Waals surface area contributed by atoms with Crippen LogP contribution in [0.2, 0.25) is 0 Å². The molecule has 6 nitrogen and oxygen atoms in total. The fraction of sp³-hybridized carbons (Fsp3) is 0.929. The largest absolute Gasteiger partial charge is 0.385 e. The van der Waals surface area contributed by atoms with E-state index >= 15 is 0 Å². The van der Waals surface area contributed by atoms with Gasteiger partial charge in [0.1, 0.15) is 0 Å². The molecule has 0 rings (SSSR count). The normalized spacial score (nSPS) is 11.4. The van der Waals surface area contributed by atoms with Crippen LogP contribution in [0.1, 0.15) is 19.8 Å². The van der Waals surface area contributed by atoms with Crippen molar-refractivity contribution in [3.63, 3.8) is 0 Å². The number of nitrogens with one attached hydrogen (secondary N) is 2. The average molecular weight is 416 g/mol. The average Bonchev–Trinajstić information content (AvgIpc) is 2.45. The summed E-state index contributed by atoms with van der Waals surface area (Å²) >= 11 is 0. The van der Waals surface area contributed by atoms with Crippen LogP contribution < -0.4 is 10.6 Å². The molecule has 0 aliphatic rings. The number of likely N-dealkylation sites (N-methyl/N-ethyl adjacent to an activating group) is 1. The third kappa shape index (κ3) is 16.1. The van der Waals surface area contributed by atoms with Crippen LogP contribution in [0.5, 0.6) is 0 Å². The number of halogens is 1. The number of methoxy groups -OCH3 is 1. The summed E-state index contributed by atoms with van der Waals surface area (Å²) in [6, 6.07) is 0. The second-order valence-electron chi connectivity index (χ2n) is 4.63. The summed E-state index contributed by atoms with van der Waals surface area (Å²) in [4.78, 5) is 6.48. The van der Waals surface area contributed by atoms with Gasteiger partial charge in [0.25, 0.3) is 0 Å². The molecule has 0 spiro atoms. The topological polar surface area (TPSA) is 58.1 Å². The maximum Gasteiger partial charge on any atom is 0.191 e. The lowest BCUT2D eigenvalue weighted by Gasteiger charge is -2.18. The quantitative estimate of drug-likeness (QED) is 0.217. The van der Waals surface area contributed by atoms with Crippen molar-refractivity contribution >= 4 is 29.9 Å². The fourth-order valence-corrected chi connectivity index (χ4v) is 1.70. The van der Waals surface area contributed by atoms with Crippen molar-refractivity contribution in [2.45, 2.75) is 19.8 Å². The first-order valence-electron chi connectivity index (χ1n) is 7.44. The molecule has 0 heterocycles. The summed E-state index contributed by atoms with van der Waals surface area (Å²) < 4.78 is 10.3. The van der Waals surface area contributed by atoms with Crippen LogP contribution in [0.4, 0.5) is 0 Å². The van der Waals surface area contributed by atoms with Crippen molar-refractivity contribution < 1.29 is 9.47 Å². The molecule has 0 amide bonds. The zero-order valence-corrected chi connectivity index (χ0v) is 16.3. The Hall–Kier alpha value is -0.120. The minimum absolute atomic E-state index is 0. The molecule has 0 saturated heterocycles. The second-order valence-corrected chi connectivity index (χ2v) is 4.63. The van der Waals surface area contributed by atoms with Gasteiger partial charge in [-0.25, -0.2) is 0 Å². The predicted octanol–water partition coefficient (Wildman–Crippen LogP) is 1.16. The van der Waals surface area contributed by atoms with E-state index in [-0.39, 0.29) is 24.0 Å². The maximum atomic E-state index is 5.29. The third-order valence-corrected chi connectivity index (χ3v) is 2.86. The van der Waals surface area contributed by atoms with Gasteiger partial charge in [-0.2, -0.15) is 0 Å². The van der Waals surface area contributed by atoms with E-state index in [4.69, 9.17) is 9.47 Å². The fourth-order valence-electron chi connectivity index (χ4n) is 1.70. The number of aliphatic imine (C=N–C) groups is 1. The van der Waals surface area contributed by atoms with Crippen molar-refractivity contribution in [3.8, 4) is 0 Å². The van der Waals surface area contributed by atoms with Crippen molar-refractivity contribution in [1.82, 2.24) is 15.5 Å². The first-order chi connectivity index (χ1) is 9.74. The number of rotatable bonds is 12. The van der Waals surface area contributed by atoms with Crippen molar-refractivity contribution in [3.05, 3.63) is 0 Å². The molecule has 2 N–H and O–H groups in total. The molecule has 0 bridgehead atoms. The Morgan fingerprint density at radius 3 is 2.43 bits per heavy atom. The smallest absolute Gasteiger partial charge is 0.191 e. The van der Waals surface area contributed by atoms with Crippen LogP contribution in [0.25, 0.3) is 0 Å². The Morgan fingerprint density at radius 1 is 1.10 bits per heavy atom. The summed E-state index contributed by atoms with van der Waals surface area (Å²) in [5.74, 6) is 0.854. The van der Waals surface area contributed by atoms with Gasteiger partial charge in [-0.15, -0.1) is 24.0 Å². The molecule has 0 aliphatic carbocycles. The highest BCUT2D eigenvalue weighted by Crippen LogP contribution is 1.87. The molecule has 21 heavy (non-hydrogen) atoms. The molecule has 0 fully saturated rings. The zero-order valence-electron chi connectivity index (χ0n) is 14.0. The number of guanidine groups is 1. The van der Waals surface area contributed by atoms with Gasteiger partial charge in [-0.3, -0.25) is 4.99 Å². The lowest BCUT2D eigenvalue weighted by Crippen LogP contribution is -2.41. The maximum absolute atomic E-state index is 5.29. The van der Waals surface area contributed by atoms with E-state index in [1.54, 1.807) is 14.2 Å². The number of nitrogens with zero attached hydrogens (tertiary/aromatic N) is 2. The van der Waals surface area contributed by atoms with Gasteiger partial charge in [-0.05, 0) is 26.8 Å². The van der Waals surface area contributed by atoms with Crippen LogP contribution >= 0.6 is 24.0 Å². The molecule has 0 unspecified atom stereocenters. The molecule has 0 aromatic rings. The first-order valence-corrected chi connectivity index (χ1v) is 7.44. The highest BCUT2D eigenvalue weighted by molar-refractivity contribution is 14.0. The summed E-state index contributed by atoms with van der Waals surface area (Å²) in [5, 5.41) is 6.58. The van der Waals surface area contributed by atoms with E-state index in [0.29, 0.717) is 0 Å². The van der Waals surface area contributed by atoms with Gasteiger partial charge in [0, 0.05) is 60.2 Å². The Labute approximate surface area is 147 Å². The molecular formula is C14H33IN4O2. The van der Waals surface area contributed by atoms with E-state index in [1.165, 1.54) is 0 Å². The summed E-state index contributed by atoms with van der Waals surface area (Å²) in [7, 11) is 5.65. The van der Waals surface area contributed by atoms with Crippen LogP contribution in [0.3, 0.4) is 0 Å². The van der Waals surface area contributed by atoms with Gasteiger partial charge in [0.05, 0.1) is 0 Å². The Bertz CT molecular complexity index is 243. The van der Waals surface area contributed by atoms with Crippen molar-refractivity contribution in [1.29, 1.82) is 0 Å². The van der Waals surface area contributed by atoms with Gasteiger partial charge in [0.2, 0.25) is 0 Å². The Morgan fingerprint density at radius 2 is 1.81 bits per heavy atom. The van der Waals surface area contributed by atoms with Gasteiger partial charge in [-0.1, -0.05) is 0 Å². The van der Waals surface area contributed by atoms with Crippen LogP contribution in [-0.4, -0.2) is 78.1 Å². The van der Waals surface area contributed by atoms with Gasteiger partial charge < -0.3 is 25.0 Å². The lowest BCUT2D eigenvalue weighted by molar-refractivity contribution is 0.145. The summed E-state index contributed by atoms with van der Waals surface area (Å²) in [6.45, 7) is 8.21. The molecule has 0 aliphatic heterocycles. The molecule has 0 aromatic heterocycles. The molecule has 0 saturated carbocycles. The number of hydrogen-bond donors (Lipinski definition) is 2. The zero-order chi connectivity index (χ0) is 15.1. The minimum Gasteiger partial charge on any atom is -0.385 e. The van der Waals surface area contributed by atoms with Crippen molar-refractivity contribution in [2.24, 2.45) is 4.99 Å². The molecule has 128 valence electrons. The van der Waals surface area contributed by atoms with Crippen LogP contribution in [0, 0.1) is 0 Å². The second kappa shape index (κ2) is 17.9. The molecule has 7 heteroatoms. The van der Waals surface area contributed by atoms with Crippen LogP contribution in [-0.2, 0) is 9.47 Å². The number of ether oxygens (including phenoxy) is 2. The highest BCUT2D eigenvalue weighted by atomic mass is 127. The molecule has 0 aromatic carbocycles. The van der Waals surface area contributed by atoms with E-state index < -0.39 is 0 Å². The lowest BCUT2D eigenvalue weighted by atomic mass is 10.4. The first kappa shape index (κ1) is 23.2. The summed E-state index contributed by atoms with van der Waals surface area (Å²) in [5.41, 5.74) is 0. The van der Waals surface area contributed by atoms with Crippen LogP contribution in [0.15, 0.2) is 4.99 Å². The molecular weight excluding hydrogens is 383 g/mol. The SMILES string of the molecule is CCOCCCNC(=NC)NCCN(C)CCCOC.I. The number of hydrogen-bond acceptors (Lipinski definition) is 4. The third-order valence-electron chi connectivity index (χ3n) is 2.86. The predicted molar refractivity (Wildman–Crippen MR) is 99.9 cm³/mol. The summed E-state index contributed by atoms with van der Waals surface area (Å²) in [6.07, 6.45) is 2.06. The monoisotopic (exact) mass is 416 g/mol. The van der Waals surface area contributed by atoms with E-state index in [9.17, 15) is 0 Å². The molecule has 0 atom stereocenters. The van der Waals surface area contributed by atoms with Gasteiger partial charge in [0.15, 0.2) is 5.96 Å². The van der Waals surface area contributed by atoms with E-state index in [2.05, 4.69) is 27.6 Å². The van der Waals surface area contributed by atoms with E-state index in [1.807, 2.05) is 6.92 Å². The standard InChI is InChI=1S/C14H32N4O2.HI/c1-5-20-13-6-8-16-14(15-2)17-9-11-18(3)10-7-12-19-4;/h5-13H2,1-4H3,(H2,15,16,17);1H. The van der Waals surface area contributed by atoms with Crippen molar-refractivity contribution in [2.75, 3.05) is 67.2 Å².